The monoisotopic (exact) mass is 242 g/mol. The molecule has 2 fully saturated rings. The van der Waals surface area contributed by atoms with Gasteiger partial charge in [-0.25, -0.2) is 0 Å². The second-order valence-corrected chi connectivity index (χ2v) is 5.86. The summed E-state index contributed by atoms with van der Waals surface area (Å²) < 4.78 is 5.85. The summed E-state index contributed by atoms with van der Waals surface area (Å²) >= 11 is 0. The first-order valence-electron chi connectivity index (χ1n) is 6.88. The molecule has 3 unspecified atom stereocenters. The predicted octanol–water partition coefficient (Wildman–Crippen LogP) is 0.730. The summed E-state index contributed by atoms with van der Waals surface area (Å²) in [5.74, 6) is 0. The minimum Gasteiger partial charge on any atom is -0.394 e. The van der Waals surface area contributed by atoms with Gasteiger partial charge in [-0.1, -0.05) is 12.8 Å². The van der Waals surface area contributed by atoms with E-state index in [4.69, 9.17) is 10.5 Å². The SMILES string of the molecule is CC(N)(CO)CCN1CCOC2CCCCC21. The molecule has 3 atom stereocenters. The van der Waals surface area contributed by atoms with Gasteiger partial charge in [0.15, 0.2) is 0 Å². The van der Waals surface area contributed by atoms with Crippen LogP contribution in [0.1, 0.15) is 39.0 Å². The molecule has 4 heteroatoms. The van der Waals surface area contributed by atoms with E-state index < -0.39 is 5.54 Å². The number of nitrogens with zero attached hydrogens (tertiary/aromatic N) is 1. The Kier molecular flexibility index (Phi) is 4.42. The molecule has 0 aromatic rings. The van der Waals surface area contributed by atoms with Gasteiger partial charge >= 0.3 is 0 Å². The third kappa shape index (κ3) is 3.41. The Balaban J connectivity index is 1.86. The van der Waals surface area contributed by atoms with Crippen LogP contribution in [0, 0.1) is 0 Å². The summed E-state index contributed by atoms with van der Waals surface area (Å²) in [5.41, 5.74) is 5.55. The molecule has 0 radical (unpaired) electrons. The first-order chi connectivity index (χ1) is 8.12. The number of nitrogens with two attached hydrogens (primary N) is 1. The molecule has 2 aliphatic rings. The highest BCUT2D eigenvalue weighted by atomic mass is 16.5. The van der Waals surface area contributed by atoms with Crippen molar-refractivity contribution >= 4 is 0 Å². The molecule has 1 saturated carbocycles. The summed E-state index contributed by atoms with van der Waals surface area (Å²) in [6.45, 7) is 4.83. The van der Waals surface area contributed by atoms with Crippen LogP contribution < -0.4 is 5.73 Å². The van der Waals surface area contributed by atoms with E-state index in [0.717, 1.165) is 26.1 Å². The number of morpholine rings is 1. The maximum atomic E-state index is 9.19. The average molecular weight is 242 g/mol. The van der Waals surface area contributed by atoms with Crippen molar-refractivity contribution in [3.63, 3.8) is 0 Å². The molecular formula is C13H26N2O2. The Morgan fingerprint density at radius 2 is 2.18 bits per heavy atom. The summed E-state index contributed by atoms with van der Waals surface area (Å²) in [6.07, 6.45) is 6.38. The van der Waals surface area contributed by atoms with Gasteiger partial charge in [0.1, 0.15) is 0 Å². The van der Waals surface area contributed by atoms with Crippen molar-refractivity contribution in [3.05, 3.63) is 0 Å². The van der Waals surface area contributed by atoms with Crippen molar-refractivity contribution in [2.45, 2.75) is 56.7 Å². The molecule has 17 heavy (non-hydrogen) atoms. The van der Waals surface area contributed by atoms with Crippen LogP contribution in [-0.2, 0) is 4.74 Å². The zero-order valence-corrected chi connectivity index (χ0v) is 10.9. The minimum atomic E-state index is -0.442. The Hall–Kier alpha value is -0.160. The Morgan fingerprint density at radius 1 is 1.41 bits per heavy atom. The third-order valence-corrected chi connectivity index (χ3v) is 4.18. The highest BCUT2D eigenvalue weighted by Crippen LogP contribution is 2.28. The second-order valence-electron chi connectivity index (χ2n) is 5.86. The van der Waals surface area contributed by atoms with E-state index in [1.165, 1.54) is 25.7 Å². The maximum absolute atomic E-state index is 9.19. The summed E-state index contributed by atoms with van der Waals surface area (Å²) in [4.78, 5) is 2.52. The van der Waals surface area contributed by atoms with Crippen LogP contribution in [-0.4, -0.2) is 54.0 Å². The lowest BCUT2D eigenvalue weighted by Crippen LogP contribution is -2.54. The molecule has 2 rings (SSSR count). The maximum Gasteiger partial charge on any atom is 0.0730 e. The molecule has 0 amide bonds. The van der Waals surface area contributed by atoms with Gasteiger partial charge in [-0.15, -0.1) is 0 Å². The van der Waals surface area contributed by atoms with Gasteiger partial charge in [0.05, 0.1) is 19.3 Å². The van der Waals surface area contributed by atoms with Crippen molar-refractivity contribution in [3.8, 4) is 0 Å². The van der Waals surface area contributed by atoms with Crippen molar-refractivity contribution in [2.24, 2.45) is 5.73 Å². The topological polar surface area (TPSA) is 58.7 Å². The Bertz CT molecular complexity index is 244. The highest BCUT2D eigenvalue weighted by molar-refractivity contribution is 4.89. The van der Waals surface area contributed by atoms with Crippen LogP contribution in [0.2, 0.25) is 0 Å². The molecule has 1 aliphatic heterocycles. The van der Waals surface area contributed by atoms with E-state index in [0.29, 0.717) is 12.1 Å². The van der Waals surface area contributed by atoms with Gasteiger partial charge in [-0.05, 0) is 26.2 Å². The Morgan fingerprint density at radius 3 is 2.94 bits per heavy atom. The number of rotatable bonds is 4. The highest BCUT2D eigenvalue weighted by Gasteiger charge is 2.34. The van der Waals surface area contributed by atoms with Crippen molar-refractivity contribution in [1.82, 2.24) is 4.90 Å². The second kappa shape index (κ2) is 5.65. The third-order valence-electron chi connectivity index (χ3n) is 4.18. The smallest absolute Gasteiger partial charge is 0.0730 e. The number of hydrogen-bond acceptors (Lipinski definition) is 4. The first kappa shape index (κ1) is 13.3. The van der Waals surface area contributed by atoms with Crippen LogP contribution in [0.5, 0.6) is 0 Å². The number of fused-ring (bicyclic) bond motifs is 1. The lowest BCUT2D eigenvalue weighted by Gasteiger charge is -2.44. The van der Waals surface area contributed by atoms with E-state index in [9.17, 15) is 5.11 Å². The Labute approximate surface area is 104 Å². The van der Waals surface area contributed by atoms with Gasteiger partial charge in [-0.2, -0.15) is 0 Å². The molecule has 100 valence electrons. The van der Waals surface area contributed by atoms with E-state index >= 15 is 0 Å². The van der Waals surface area contributed by atoms with Gasteiger partial charge in [-0.3, -0.25) is 4.90 Å². The molecule has 1 aliphatic carbocycles. The predicted molar refractivity (Wildman–Crippen MR) is 67.9 cm³/mol. The van der Waals surface area contributed by atoms with Gasteiger partial charge in [0.25, 0.3) is 0 Å². The molecule has 1 saturated heterocycles. The quantitative estimate of drug-likeness (QED) is 0.763. The van der Waals surface area contributed by atoms with Crippen LogP contribution in [0.4, 0.5) is 0 Å². The zero-order valence-electron chi connectivity index (χ0n) is 10.9. The molecule has 3 N–H and O–H groups in total. The fourth-order valence-electron chi connectivity index (χ4n) is 2.93. The lowest BCUT2D eigenvalue weighted by molar-refractivity contribution is -0.0896. The fourth-order valence-corrected chi connectivity index (χ4v) is 2.93. The minimum absolute atomic E-state index is 0.0609. The largest absolute Gasteiger partial charge is 0.394 e. The van der Waals surface area contributed by atoms with Gasteiger partial charge in [0, 0.05) is 24.7 Å². The number of aliphatic hydroxyl groups excluding tert-OH is 1. The fraction of sp³-hybridized carbons (Fsp3) is 1.00. The summed E-state index contributed by atoms with van der Waals surface area (Å²) in [7, 11) is 0. The zero-order chi connectivity index (χ0) is 12.3. The molecule has 1 heterocycles. The van der Waals surface area contributed by atoms with Gasteiger partial charge in [0.2, 0.25) is 0 Å². The van der Waals surface area contributed by atoms with Crippen molar-refractivity contribution in [1.29, 1.82) is 0 Å². The van der Waals surface area contributed by atoms with Crippen molar-refractivity contribution < 1.29 is 9.84 Å². The number of aliphatic hydroxyl groups is 1. The molecule has 0 aromatic heterocycles. The summed E-state index contributed by atoms with van der Waals surface area (Å²) in [5, 5.41) is 9.19. The van der Waals surface area contributed by atoms with E-state index in [1.54, 1.807) is 0 Å². The molecule has 0 bridgehead atoms. The van der Waals surface area contributed by atoms with Crippen LogP contribution in [0.15, 0.2) is 0 Å². The lowest BCUT2D eigenvalue weighted by atomic mass is 9.89. The molecule has 0 spiro atoms. The first-order valence-corrected chi connectivity index (χ1v) is 6.88. The standard InChI is InChI=1S/C13H26N2O2/c1-13(14,10-16)6-7-15-8-9-17-12-5-3-2-4-11(12)15/h11-12,16H,2-10,14H2,1H3. The molecule has 4 nitrogen and oxygen atoms in total. The van der Waals surface area contributed by atoms with Crippen LogP contribution >= 0.6 is 0 Å². The number of ether oxygens (including phenoxy) is 1. The van der Waals surface area contributed by atoms with Crippen LogP contribution in [0.3, 0.4) is 0 Å². The van der Waals surface area contributed by atoms with Crippen molar-refractivity contribution in [2.75, 3.05) is 26.3 Å². The molecular weight excluding hydrogens is 216 g/mol. The number of hydrogen-bond donors (Lipinski definition) is 2. The van der Waals surface area contributed by atoms with E-state index in [-0.39, 0.29) is 6.61 Å². The van der Waals surface area contributed by atoms with Gasteiger partial charge < -0.3 is 15.6 Å². The van der Waals surface area contributed by atoms with E-state index in [2.05, 4.69) is 4.90 Å². The van der Waals surface area contributed by atoms with E-state index in [1.807, 2.05) is 6.92 Å². The molecule has 0 aromatic carbocycles. The normalized spacial score (nSPS) is 34.1. The van der Waals surface area contributed by atoms with Crippen LogP contribution in [0.25, 0.3) is 0 Å². The average Bonchev–Trinajstić information content (AvgIpc) is 2.36. The summed E-state index contributed by atoms with van der Waals surface area (Å²) in [6, 6.07) is 0.590.